The first-order valence-electron chi connectivity index (χ1n) is 4.87. The van der Waals surface area contributed by atoms with E-state index in [1.54, 1.807) is 19.2 Å². The summed E-state index contributed by atoms with van der Waals surface area (Å²) in [7, 11) is 1.57. The van der Waals surface area contributed by atoms with E-state index in [-0.39, 0.29) is 11.2 Å². The molecule has 0 atom stereocenters. The number of nitrogens with zero attached hydrogens (tertiary/aromatic N) is 1. The van der Waals surface area contributed by atoms with E-state index in [0.717, 1.165) is 17.3 Å². The van der Waals surface area contributed by atoms with Crippen molar-refractivity contribution in [3.8, 4) is 16.9 Å². The summed E-state index contributed by atoms with van der Waals surface area (Å²) < 4.78 is 5.33. The Bertz CT molecular complexity index is 430. The van der Waals surface area contributed by atoms with E-state index < -0.39 is 0 Å². The summed E-state index contributed by atoms with van der Waals surface area (Å²) in [5.41, 5.74) is 0.752. The van der Waals surface area contributed by atoms with Gasteiger partial charge < -0.3 is 9.84 Å². The monoisotopic (exact) mass is 237 g/mol. The van der Waals surface area contributed by atoms with Crippen molar-refractivity contribution in [2.24, 2.45) is 0 Å². The predicted molar refractivity (Wildman–Crippen MR) is 64.8 cm³/mol. The topological polar surface area (TPSA) is 53.2 Å². The van der Waals surface area contributed by atoms with Gasteiger partial charge in [0, 0.05) is 5.56 Å². The maximum absolute atomic E-state index is 9.63. The number of rotatable bonds is 2. The van der Waals surface area contributed by atoms with Crippen LogP contribution >= 0.6 is 11.8 Å². The van der Waals surface area contributed by atoms with Crippen molar-refractivity contribution in [2.75, 3.05) is 7.11 Å². The minimum Gasteiger partial charge on any atom is -0.508 e. The number of nitriles is 1. The third kappa shape index (κ3) is 2.61. The number of thioether (sulfide) groups is 1. The first kappa shape index (κ1) is 12.7. The van der Waals surface area contributed by atoms with Crippen LogP contribution < -0.4 is 4.74 Å². The quantitative estimate of drug-likeness (QED) is 0.633. The van der Waals surface area contributed by atoms with E-state index in [2.05, 4.69) is 0 Å². The van der Waals surface area contributed by atoms with Gasteiger partial charge in [0.05, 0.1) is 12.0 Å². The molecule has 0 saturated heterocycles. The highest BCUT2D eigenvalue weighted by molar-refractivity contribution is 8.03. The average molecular weight is 237 g/mol. The first-order chi connectivity index (χ1) is 7.40. The van der Waals surface area contributed by atoms with E-state index in [1.807, 2.05) is 26.2 Å². The first-order valence-corrected chi connectivity index (χ1v) is 5.69. The highest BCUT2D eigenvalue weighted by Gasteiger charge is 2.22. The summed E-state index contributed by atoms with van der Waals surface area (Å²) >= 11 is 0.991. The molecule has 0 saturated carbocycles. The Morgan fingerprint density at radius 2 is 2.00 bits per heavy atom. The Balaban J connectivity index is 3.43. The second-order valence-corrected chi connectivity index (χ2v) is 5.29. The second-order valence-electron chi connectivity index (χ2n) is 4.47. The molecule has 0 aromatic heterocycles. The molecule has 0 heterocycles. The molecular formula is C12H15NO2S. The van der Waals surface area contributed by atoms with E-state index in [0.29, 0.717) is 10.6 Å². The Hall–Kier alpha value is -1.34. The third-order valence-electron chi connectivity index (χ3n) is 2.21. The molecule has 1 rings (SSSR count). The van der Waals surface area contributed by atoms with Gasteiger partial charge in [-0.3, -0.25) is 0 Å². The molecule has 0 radical (unpaired) electrons. The number of phenolic OH excluding ortho intramolecular Hbond substituents is 1. The van der Waals surface area contributed by atoms with Crippen molar-refractivity contribution in [2.45, 2.75) is 31.1 Å². The van der Waals surface area contributed by atoms with Gasteiger partial charge in [0.15, 0.2) is 0 Å². The Labute approximate surface area is 100 Å². The molecule has 16 heavy (non-hydrogen) atoms. The van der Waals surface area contributed by atoms with Crippen molar-refractivity contribution in [1.82, 2.24) is 0 Å². The number of thiocyanates is 1. The summed E-state index contributed by atoms with van der Waals surface area (Å²) in [6.07, 6.45) is 0. The lowest BCUT2D eigenvalue weighted by molar-refractivity contribution is 0.383. The summed E-state index contributed by atoms with van der Waals surface area (Å²) in [5, 5.41) is 20.3. The predicted octanol–water partition coefficient (Wildman–Crippen LogP) is 3.27. The van der Waals surface area contributed by atoms with Gasteiger partial charge in [0.2, 0.25) is 0 Å². The van der Waals surface area contributed by atoms with Gasteiger partial charge in [-0.05, 0) is 29.3 Å². The number of hydrogen-bond acceptors (Lipinski definition) is 4. The molecule has 3 nitrogen and oxygen atoms in total. The summed E-state index contributed by atoms with van der Waals surface area (Å²) in [5.74, 6) is 0.820. The van der Waals surface area contributed by atoms with Gasteiger partial charge in [0.25, 0.3) is 0 Å². The molecule has 0 spiro atoms. The van der Waals surface area contributed by atoms with Gasteiger partial charge in [0.1, 0.15) is 16.9 Å². The number of ether oxygens (including phenoxy) is 1. The molecule has 0 aliphatic rings. The van der Waals surface area contributed by atoms with Crippen molar-refractivity contribution < 1.29 is 9.84 Å². The highest BCUT2D eigenvalue weighted by atomic mass is 32.2. The Morgan fingerprint density at radius 3 is 2.44 bits per heavy atom. The van der Waals surface area contributed by atoms with Gasteiger partial charge in [-0.25, -0.2) is 0 Å². The minimum atomic E-state index is -0.144. The number of aromatic hydroxyl groups is 1. The standard InChI is InChI=1S/C12H15NO2S/c1-12(2,3)9-5-8(14)6-10(16-7-13)11(9)15-4/h5-6,14H,1-4H3. The molecule has 0 aliphatic heterocycles. The van der Waals surface area contributed by atoms with E-state index in [4.69, 9.17) is 10.00 Å². The van der Waals surface area contributed by atoms with Crippen LogP contribution in [0.15, 0.2) is 17.0 Å². The van der Waals surface area contributed by atoms with Crippen molar-refractivity contribution in [1.29, 1.82) is 5.26 Å². The van der Waals surface area contributed by atoms with E-state index >= 15 is 0 Å². The summed E-state index contributed by atoms with van der Waals surface area (Å²) in [4.78, 5) is 0.648. The van der Waals surface area contributed by atoms with Crippen molar-refractivity contribution in [3.63, 3.8) is 0 Å². The van der Waals surface area contributed by atoms with Crippen LogP contribution in [0.5, 0.6) is 11.5 Å². The molecule has 0 amide bonds. The van der Waals surface area contributed by atoms with Crippen LogP contribution in [0.3, 0.4) is 0 Å². The maximum Gasteiger partial charge on any atom is 0.138 e. The van der Waals surface area contributed by atoms with Crippen molar-refractivity contribution in [3.05, 3.63) is 17.7 Å². The lowest BCUT2D eigenvalue weighted by atomic mass is 9.86. The second kappa shape index (κ2) is 4.67. The van der Waals surface area contributed by atoms with Crippen LogP contribution in [-0.2, 0) is 5.41 Å². The summed E-state index contributed by atoms with van der Waals surface area (Å²) in [6.45, 7) is 6.10. The SMILES string of the molecule is COc1c(SC#N)cc(O)cc1C(C)(C)C. The number of methoxy groups -OCH3 is 1. The fourth-order valence-corrected chi connectivity index (χ4v) is 2.04. The van der Waals surface area contributed by atoms with Crippen LogP contribution in [0.1, 0.15) is 26.3 Å². The van der Waals surface area contributed by atoms with Crippen LogP contribution in [0, 0.1) is 10.7 Å². The van der Waals surface area contributed by atoms with Crippen LogP contribution in [0.4, 0.5) is 0 Å². The zero-order chi connectivity index (χ0) is 12.3. The fourth-order valence-electron chi connectivity index (χ4n) is 1.48. The van der Waals surface area contributed by atoms with E-state index in [1.165, 1.54) is 0 Å². The fraction of sp³-hybridized carbons (Fsp3) is 0.417. The average Bonchev–Trinajstić information content (AvgIpc) is 2.16. The van der Waals surface area contributed by atoms with Gasteiger partial charge in [-0.2, -0.15) is 5.26 Å². The zero-order valence-electron chi connectivity index (χ0n) is 9.87. The maximum atomic E-state index is 9.63. The molecule has 1 aromatic rings. The summed E-state index contributed by atoms with van der Waals surface area (Å²) in [6, 6.07) is 3.22. The van der Waals surface area contributed by atoms with E-state index in [9.17, 15) is 5.11 Å². The molecule has 0 bridgehead atoms. The zero-order valence-corrected chi connectivity index (χ0v) is 10.7. The van der Waals surface area contributed by atoms with Gasteiger partial charge in [-0.15, -0.1) is 0 Å². The number of phenols is 1. The van der Waals surface area contributed by atoms with Gasteiger partial charge >= 0.3 is 0 Å². The largest absolute Gasteiger partial charge is 0.508 e. The highest BCUT2D eigenvalue weighted by Crippen LogP contribution is 2.41. The Morgan fingerprint density at radius 1 is 1.38 bits per heavy atom. The van der Waals surface area contributed by atoms with Gasteiger partial charge in [-0.1, -0.05) is 20.8 Å². The molecule has 0 unspecified atom stereocenters. The van der Waals surface area contributed by atoms with Crippen molar-refractivity contribution >= 4 is 11.8 Å². The molecule has 0 fully saturated rings. The molecule has 0 aliphatic carbocycles. The molecule has 4 heteroatoms. The normalized spacial score (nSPS) is 10.9. The van der Waals surface area contributed by atoms with Crippen LogP contribution in [0.25, 0.3) is 0 Å². The smallest absolute Gasteiger partial charge is 0.138 e. The number of benzene rings is 1. The minimum absolute atomic E-state index is 0.144. The molecule has 1 N–H and O–H groups in total. The lowest BCUT2D eigenvalue weighted by Crippen LogP contribution is -2.13. The van der Waals surface area contributed by atoms with Crippen LogP contribution in [0.2, 0.25) is 0 Å². The molecular weight excluding hydrogens is 222 g/mol. The lowest BCUT2D eigenvalue weighted by Gasteiger charge is -2.23. The van der Waals surface area contributed by atoms with Crippen LogP contribution in [-0.4, -0.2) is 12.2 Å². The number of hydrogen-bond donors (Lipinski definition) is 1. The molecule has 1 aromatic carbocycles. The third-order valence-corrected chi connectivity index (χ3v) is 2.82. The Kier molecular flexibility index (Phi) is 3.71. The molecule has 86 valence electrons.